The summed E-state index contributed by atoms with van der Waals surface area (Å²) < 4.78 is 6.49. The van der Waals surface area contributed by atoms with Crippen LogP contribution in [0.1, 0.15) is 19.8 Å². The number of carbonyl (C=O) groups is 1. The van der Waals surface area contributed by atoms with Gasteiger partial charge in [-0.2, -0.15) is 0 Å². The number of fused-ring (bicyclic) bond motifs is 1. The first kappa shape index (κ1) is 11.4. The van der Waals surface area contributed by atoms with Gasteiger partial charge in [0.1, 0.15) is 11.8 Å². The van der Waals surface area contributed by atoms with Crippen molar-refractivity contribution in [1.82, 2.24) is 9.55 Å². The monoisotopic (exact) mass is 233 g/mol. The molecule has 5 heteroatoms. The normalized spacial score (nSPS) is 10.6. The van der Waals surface area contributed by atoms with Gasteiger partial charge in [0.05, 0.1) is 17.8 Å². The highest BCUT2D eigenvalue weighted by Crippen LogP contribution is 2.19. The first-order chi connectivity index (χ1) is 8.24. The van der Waals surface area contributed by atoms with Crippen molar-refractivity contribution in [3.05, 3.63) is 24.5 Å². The number of nitrogen functional groups attached to an aromatic ring is 1. The van der Waals surface area contributed by atoms with Gasteiger partial charge >= 0.3 is 6.09 Å². The molecule has 1 aromatic heterocycles. The summed E-state index contributed by atoms with van der Waals surface area (Å²) in [5.41, 5.74) is 7.62. The number of para-hydroxylation sites is 1. The van der Waals surface area contributed by atoms with Crippen LogP contribution in [-0.4, -0.2) is 22.3 Å². The summed E-state index contributed by atoms with van der Waals surface area (Å²) in [6.07, 6.45) is 2.88. The molecular formula is C12H15N3O2. The lowest BCUT2D eigenvalue weighted by molar-refractivity contribution is 0.147. The van der Waals surface area contributed by atoms with Crippen LogP contribution in [0, 0.1) is 0 Å². The Kier molecular flexibility index (Phi) is 3.27. The number of hydrogen-bond acceptors (Lipinski definition) is 4. The van der Waals surface area contributed by atoms with Gasteiger partial charge in [-0.05, 0) is 18.6 Å². The molecular weight excluding hydrogens is 218 g/mol. The number of anilines is 1. The molecule has 2 rings (SSSR count). The molecule has 5 nitrogen and oxygen atoms in total. The number of hydrogen-bond donors (Lipinski definition) is 1. The second-order valence-electron chi connectivity index (χ2n) is 3.80. The number of rotatable bonds is 3. The van der Waals surface area contributed by atoms with E-state index in [0.29, 0.717) is 23.3 Å². The maximum atomic E-state index is 11.8. The first-order valence-corrected chi connectivity index (χ1v) is 5.62. The summed E-state index contributed by atoms with van der Waals surface area (Å²) in [5.74, 6) is 0. The van der Waals surface area contributed by atoms with Gasteiger partial charge in [0.15, 0.2) is 0 Å². The number of carbonyl (C=O) groups excluding carboxylic acids is 1. The SMILES string of the molecule is CCCCOC(=O)n1cnc2c(N)cccc21. The van der Waals surface area contributed by atoms with Gasteiger partial charge < -0.3 is 10.5 Å². The number of nitrogens with two attached hydrogens (primary N) is 1. The van der Waals surface area contributed by atoms with E-state index in [2.05, 4.69) is 4.98 Å². The number of ether oxygens (including phenoxy) is 1. The summed E-state index contributed by atoms with van der Waals surface area (Å²) >= 11 is 0. The summed E-state index contributed by atoms with van der Waals surface area (Å²) in [6.45, 7) is 2.47. The van der Waals surface area contributed by atoms with E-state index in [1.165, 1.54) is 10.9 Å². The van der Waals surface area contributed by atoms with Gasteiger partial charge in [-0.3, -0.25) is 0 Å². The van der Waals surface area contributed by atoms with Crippen LogP contribution in [0.25, 0.3) is 11.0 Å². The summed E-state index contributed by atoms with van der Waals surface area (Å²) in [7, 11) is 0. The van der Waals surface area contributed by atoms with Crippen LogP contribution in [0.4, 0.5) is 10.5 Å². The molecule has 0 saturated carbocycles. The molecule has 0 aliphatic heterocycles. The highest BCUT2D eigenvalue weighted by molar-refractivity contribution is 5.92. The topological polar surface area (TPSA) is 70.1 Å². The molecule has 1 aromatic carbocycles. The molecule has 0 unspecified atom stereocenters. The second kappa shape index (κ2) is 4.86. The second-order valence-corrected chi connectivity index (χ2v) is 3.80. The molecule has 0 saturated heterocycles. The summed E-state index contributed by atoms with van der Waals surface area (Å²) in [5, 5.41) is 0. The van der Waals surface area contributed by atoms with Crippen molar-refractivity contribution in [2.24, 2.45) is 0 Å². The molecule has 0 aliphatic rings. The molecule has 0 fully saturated rings. The van der Waals surface area contributed by atoms with Crippen LogP contribution in [0.5, 0.6) is 0 Å². The predicted molar refractivity (Wildman–Crippen MR) is 65.8 cm³/mol. The Bertz CT molecular complexity index is 534. The van der Waals surface area contributed by atoms with E-state index in [1.807, 2.05) is 6.92 Å². The van der Waals surface area contributed by atoms with Crippen molar-refractivity contribution < 1.29 is 9.53 Å². The molecule has 2 aromatic rings. The van der Waals surface area contributed by atoms with Gasteiger partial charge in [-0.15, -0.1) is 0 Å². The maximum Gasteiger partial charge on any atom is 0.419 e. The summed E-state index contributed by atoms with van der Waals surface area (Å²) in [4.78, 5) is 15.9. The average molecular weight is 233 g/mol. The fourth-order valence-corrected chi connectivity index (χ4v) is 1.58. The van der Waals surface area contributed by atoms with Gasteiger partial charge in [0.2, 0.25) is 0 Å². The van der Waals surface area contributed by atoms with Crippen molar-refractivity contribution in [3.8, 4) is 0 Å². The Morgan fingerprint density at radius 3 is 3.12 bits per heavy atom. The Hall–Kier alpha value is -2.04. The third-order valence-corrected chi connectivity index (χ3v) is 2.53. The molecule has 0 aliphatic carbocycles. The number of nitrogens with zero attached hydrogens (tertiary/aromatic N) is 2. The third kappa shape index (κ3) is 2.22. The molecule has 17 heavy (non-hydrogen) atoms. The molecule has 1 heterocycles. The van der Waals surface area contributed by atoms with Crippen LogP contribution >= 0.6 is 0 Å². The zero-order valence-corrected chi connectivity index (χ0v) is 9.72. The minimum absolute atomic E-state index is 0.411. The highest BCUT2D eigenvalue weighted by Gasteiger charge is 2.11. The Morgan fingerprint density at radius 1 is 1.53 bits per heavy atom. The Labute approximate surface area is 99.2 Å². The minimum atomic E-state index is -0.411. The maximum absolute atomic E-state index is 11.8. The Balaban J connectivity index is 2.24. The van der Waals surface area contributed by atoms with E-state index in [-0.39, 0.29) is 0 Å². The van der Waals surface area contributed by atoms with Crippen LogP contribution in [0.15, 0.2) is 24.5 Å². The largest absolute Gasteiger partial charge is 0.449 e. The van der Waals surface area contributed by atoms with Crippen molar-refractivity contribution in [3.63, 3.8) is 0 Å². The van der Waals surface area contributed by atoms with Gasteiger partial charge in [-0.25, -0.2) is 14.3 Å². The number of benzene rings is 1. The molecule has 0 atom stereocenters. The van der Waals surface area contributed by atoms with Crippen molar-refractivity contribution in [2.45, 2.75) is 19.8 Å². The number of imidazole rings is 1. The molecule has 2 N–H and O–H groups in total. The van der Waals surface area contributed by atoms with Crippen molar-refractivity contribution in [1.29, 1.82) is 0 Å². The molecule has 0 amide bonds. The van der Waals surface area contributed by atoms with Gasteiger partial charge in [0, 0.05) is 0 Å². The van der Waals surface area contributed by atoms with Gasteiger partial charge in [-0.1, -0.05) is 19.4 Å². The smallest absolute Gasteiger partial charge is 0.419 e. The minimum Gasteiger partial charge on any atom is -0.449 e. The average Bonchev–Trinajstić information content (AvgIpc) is 2.74. The van der Waals surface area contributed by atoms with E-state index in [9.17, 15) is 4.79 Å². The standard InChI is InChI=1S/C12H15N3O2/c1-2-3-7-17-12(16)15-8-14-11-9(13)5-4-6-10(11)15/h4-6,8H,2-3,7,13H2,1H3. The van der Waals surface area contributed by atoms with Gasteiger partial charge in [0.25, 0.3) is 0 Å². The van der Waals surface area contributed by atoms with E-state index in [0.717, 1.165) is 12.8 Å². The lowest BCUT2D eigenvalue weighted by Gasteiger charge is -2.04. The third-order valence-electron chi connectivity index (χ3n) is 2.53. The predicted octanol–water partition coefficient (Wildman–Crippen LogP) is 2.40. The van der Waals surface area contributed by atoms with E-state index in [1.54, 1.807) is 18.2 Å². The molecule has 0 bridgehead atoms. The number of unbranched alkanes of at least 4 members (excludes halogenated alkanes) is 1. The number of aromatic nitrogens is 2. The van der Waals surface area contributed by atoms with Crippen molar-refractivity contribution >= 4 is 22.8 Å². The fourth-order valence-electron chi connectivity index (χ4n) is 1.58. The molecule has 0 radical (unpaired) electrons. The fraction of sp³-hybridized carbons (Fsp3) is 0.333. The zero-order valence-electron chi connectivity index (χ0n) is 9.72. The highest BCUT2D eigenvalue weighted by atomic mass is 16.5. The van der Waals surface area contributed by atoms with E-state index < -0.39 is 6.09 Å². The Morgan fingerprint density at radius 2 is 2.35 bits per heavy atom. The first-order valence-electron chi connectivity index (χ1n) is 5.62. The lowest BCUT2D eigenvalue weighted by atomic mass is 10.3. The molecule has 0 spiro atoms. The summed E-state index contributed by atoms with van der Waals surface area (Å²) in [6, 6.07) is 5.33. The zero-order chi connectivity index (χ0) is 12.3. The molecule has 90 valence electrons. The van der Waals surface area contributed by atoms with Crippen LogP contribution in [0.2, 0.25) is 0 Å². The van der Waals surface area contributed by atoms with E-state index in [4.69, 9.17) is 10.5 Å². The quantitative estimate of drug-likeness (QED) is 0.652. The van der Waals surface area contributed by atoms with Crippen LogP contribution in [-0.2, 0) is 4.74 Å². The lowest BCUT2D eigenvalue weighted by Crippen LogP contribution is -2.13. The van der Waals surface area contributed by atoms with Crippen LogP contribution < -0.4 is 5.73 Å². The van der Waals surface area contributed by atoms with E-state index >= 15 is 0 Å². The van der Waals surface area contributed by atoms with Crippen LogP contribution in [0.3, 0.4) is 0 Å². The van der Waals surface area contributed by atoms with Crippen molar-refractivity contribution in [2.75, 3.05) is 12.3 Å².